The smallest absolute Gasteiger partial charge is 0.272 e. The molecule has 2 atom stereocenters. The van der Waals surface area contributed by atoms with Gasteiger partial charge in [-0.2, -0.15) is 0 Å². The first kappa shape index (κ1) is 15.5. The summed E-state index contributed by atoms with van der Waals surface area (Å²) in [5.41, 5.74) is 3.25. The van der Waals surface area contributed by atoms with Gasteiger partial charge in [-0.25, -0.2) is 4.98 Å². The first-order chi connectivity index (χ1) is 10.4. The largest absolute Gasteiger partial charge is 0.372 e. The van der Waals surface area contributed by atoms with Gasteiger partial charge in [0.25, 0.3) is 5.91 Å². The van der Waals surface area contributed by atoms with Crippen LogP contribution >= 0.6 is 15.9 Å². The Labute approximate surface area is 138 Å². The van der Waals surface area contributed by atoms with Crippen molar-refractivity contribution in [2.75, 3.05) is 13.1 Å². The van der Waals surface area contributed by atoms with Crippen molar-refractivity contribution in [3.05, 3.63) is 33.7 Å². The Morgan fingerprint density at radius 3 is 2.59 bits per heavy atom. The van der Waals surface area contributed by atoms with Gasteiger partial charge in [0.1, 0.15) is 5.69 Å². The maximum Gasteiger partial charge on any atom is 0.272 e. The fourth-order valence-corrected chi connectivity index (χ4v) is 3.74. The highest BCUT2D eigenvalue weighted by Crippen LogP contribution is 2.24. The van der Waals surface area contributed by atoms with Crippen molar-refractivity contribution in [1.29, 1.82) is 0 Å². The van der Waals surface area contributed by atoms with Crippen LogP contribution in [0.3, 0.4) is 0 Å². The monoisotopic (exact) mass is 365 g/mol. The van der Waals surface area contributed by atoms with Gasteiger partial charge < -0.3 is 9.64 Å². The first-order valence-corrected chi connectivity index (χ1v) is 8.25. The van der Waals surface area contributed by atoms with Gasteiger partial charge in [0.2, 0.25) is 0 Å². The topological polar surface area (TPSA) is 46.8 Å². The van der Waals surface area contributed by atoms with Crippen LogP contribution in [0.5, 0.6) is 0 Å². The number of fused-ring (bicyclic) bond motifs is 1. The van der Waals surface area contributed by atoms with Crippen LogP contribution in [0.4, 0.5) is 0 Å². The van der Waals surface area contributed by atoms with E-state index in [9.17, 15) is 4.79 Å². The molecule has 6 heteroatoms. The zero-order valence-corrected chi connectivity index (χ0v) is 14.8. The van der Waals surface area contributed by atoms with E-state index in [0.29, 0.717) is 18.8 Å². The number of ether oxygens (including phenoxy) is 1. The second-order valence-electron chi connectivity index (χ2n) is 6.07. The molecule has 0 aliphatic carbocycles. The lowest BCUT2D eigenvalue weighted by Crippen LogP contribution is -2.48. The number of amides is 1. The number of carbonyl (C=O) groups is 1. The molecule has 5 nitrogen and oxygen atoms in total. The number of hydrogen-bond acceptors (Lipinski definition) is 3. The molecule has 22 heavy (non-hydrogen) atoms. The molecule has 3 heterocycles. The lowest BCUT2D eigenvalue weighted by atomic mass is 10.2. The number of aryl methyl sites for hydroxylation is 2. The first-order valence-electron chi connectivity index (χ1n) is 7.46. The molecule has 1 aliphatic rings. The zero-order chi connectivity index (χ0) is 16.0. The Hall–Kier alpha value is -1.40. The normalized spacial score (nSPS) is 22.3. The van der Waals surface area contributed by atoms with Crippen LogP contribution < -0.4 is 0 Å². The highest BCUT2D eigenvalue weighted by Gasteiger charge is 2.29. The number of nitrogens with zero attached hydrogens (tertiary/aromatic N) is 3. The number of rotatable bonds is 1. The quantitative estimate of drug-likeness (QED) is 0.780. The number of pyridine rings is 1. The zero-order valence-electron chi connectivity index (χ0n) is 13.3. The van der Waals surface area contributed by atoms with Crippen LogP contribution in [0.1, 0.15) is 35.6 Å². The van der Waals surface area contributed by atoms with Crippen LogP contribution in [0.25, 0.3) is 5.65 Å². The molecule has 0 saturated carbocycles. The SMILES string of the molecule is Cc1cc(Br)c2nc(C)c(C(=O)N3CC(C)OC(C)C3)n2c1. The Kier molecular flexibility index (Phi) is 3.99. The third-order valence-corrected chi connectivity index (χ3v) is 4.48. The van der Waals surface area contributed by atoms with E-state index >= 15 is 0 Å². The van der Waals surface area contributed by atoms with Crippen molar-refractivity contribution in [1.82, 2.24) is 14.3 Å². The van der Waals surface area contributed by atoms with Crippen molar-refractivity contribution < 1.29 is 9.53 Å². The molecule has 0 aromatic carbocycles. The maximum absolute atomic E-state index is 13.0. The Bertz CT molecular complexity index is 731. The van der Waals surface area contributed by atoms with E-state index in [0.717, 1.165) is 21.4 Å². The van der Waals surface area contributed by atoms with E-state index in [4.69, 9.17) is 4.74 Å². The molecule has 2 unspecified atom stereocenters. The van der Waals surface area contributed by atoms with E-state index < -0.39 is 0 Å². The molecule has 118 valence electrons. The molecule has 2 aromatic rings. The van der Waals surface area contributed by atoms with E-state index in [1.165, 1.54) is 0 Å². The number of hydrogen-bond donors (Lipinski definition) is 0. The lowest BCUT2D eigenvalue weighted by molar-refractivity contribution is -0.0587. The molecule has 0 N–H and O–H groups in total. The van der Waals surface area contributed by atoms with Gasteiger partial charge in [0, 0.05) is 19.3 Å². The second-order valence-corrected chi connectivity index (χ2v) is 6.93. The Morgan fingerprint density at radius 1 is 1.32 bits per heavy atom. The van der Waals surface area contributed by atoms with Crippen LogP contribution in [0, 0.1) is 13.8 Å². The number of aromatic nitrogens is 2. The summed E-state index contributed by atoms with van der Waals surface area (Å²) in [6, 6.07) is 2.01. The summed E-state index contributed by atoms with van der Waals surface area (Å²) in [4.78, 5) is 19.4. The summed E-state index contributed by atoms with van der Waals surface area (Å²) in [6.45, 7) is 9.11. The van der Waals surface area contributed by atoms with Crippen LogP contribution in [-0.4, -0.2) is 45.5 Å². The van der Waals surface area contributed by atoms with Gasteiger partial charge >= 0.3 is 0 Å². The van der Waals surface area contributed by atoms with Gasteiger partial charge in [0.15, 0.2) is 5.65 Å². The Morgan fingerprint density at radius 2 is 1.95 bits per heavy atom. The number of imidazole rings is 1. The van der Waals surface area contributed by atoms with Crippen molar-refractivity contribution >= 4 is 27.5 Å². The van der Waals surface area contributed by atoms with Crippen molar-refractivity contribution in [3.8, 4) is 0 Å². The minimum atomic E-state index is 0.0181. The lowest BCUT2D eigenvalue weighted by Gasteiger charge is -2.35. The minimum absolute atomic E-state index is 0.0181. The fourth-order valence-electron chi connectivity index (χ4n) is 3.10. The maximum atomic E-state index is 13.0. The van der Waals surface area contributed by atoms with Gasteiger partial charge in [-0.05, 0) is 55.3 Å². The van der Waals surface area contributed by atoms with Crippen LogP contribution in [0.15, 0.2) is 16.7 Å². The number of carbonyl (C=O) groups excluding carboxylic acids is 1. The molecule has 1 aliphatic heterocycles. The summed E-state index contributed by atoms with van der Waals surface area (Å²) in [6.07, 6.45) is 2.07. The predicted octanol–water partition coefficient (Wildman–Crippen LogP) is 2.96. The third-order valence-electron chi connectivity index (χ3n) is 3.90. The van der Waals surface area contributed by atoms with E-state index in [-0.39, 0.29) is 18.1 Å². The summed E-state index contributed by atoms with van der Waals surface area (Å²) >= 11 is 3.53. The fraction of sp³-hybridized carbons (Fsp3) is 0.500. The van der Waals surface area contributed by atoms with Crippen LogP contribution in [0.2, 0.25) is 0 Å². The molecule has 0 spiro atoms. The van der Waals surface area contributed by atoms with Gasteiger partial charge in [-0.1, -0.05) is 0 Å². The summed E-state index contributed by atoms with van der Waals surface area (Å²) in [5.74, 6) is 0.0181. The molecule has 0 bridgehead atoms. The predicted molar refractivity (Wildman–Crippen MR) is 88.3 cm³/mol. The summed E-state index contributed by atoms with van der Waals surface area (Å²) in [7, 11) is 0. The van der Waals surface area contributed by atoms with Crippen molar-refractivity contribution in [3.63, 3.8) is 0 Å². The average molecular weight is 366 g/mol. The van der Waals surface area contributed by atoms with Crippen molar-refractivity contribution in [2.24, 2.45) is 0 Å². The molecule has 1 fully saturated rings. The van der Waals surface area contributed by atoms with E-state index in [2.05, 4.69) is 20.9 Å². The minimum Gasteiger partial charge on any atom is -0.372 e. The Balaban J connectivity index is 2.06. The number of morpholine rings is 1. The molecule has 1 amide bonds. The highest BCUT2D eigenvalue weighted by molar-refractivity contribution is 9.10. The summed E-state index contributed by atoms with van der Waals surface area (Å²) in [5, 5.41) is 0. The van der Waals surface area contributed by atoms with E-state index in [1.807, 2.05) is 49.3 Å². The second kappa shape index (κ2) is 5.66. The van der Waals surface area contributed by atoms with Gasteiger partial charge in [-0.15, -0.1) is 0 Å². The van der Waals surface area contributed by atoms with Gasteiger partial charge in [0.05, 0.1) is 22.4 Å². The van der Waals surface area contributed by atoms with Gasteiger partial charge in [-0.3, -0.25) is 9.20 Å². The molecular weight excluding hydrogens is 346 g/mol. The highest BCUT2D eigenvalue weighted by atomic mass is 79.9. The molecular formula is C16H20BrN3O2. The third kappa shape index (κ3) is 2.65. The van der Waals surface area contributed by atoms with E-state index in [1.54, 1.807) is 0 Å². The molecule has 0 radical (unpaired) electrons. The van der Waals surface area contributed by atoms with Crippen LogP contribution in [-0.2, 0) is 4.74 Å². The molecule has 3 rings (SSSR count). The van der Waals surface area contributed by atoms with Crippen molar-refractivity contribution in [2.45, 2.75) is 39.9 Å². The summed E-state index contributed by atoms with van der Waals surface area (Å²) < 4.78 is 8.51. The average Bonchev–Trinajstić information content (AvgIpc) is 2.73. The number of halogens is 1. The molecule has 2 aromatic heterocycles. The standard InChI is InChI=1S/C16H20BrN3O2/c1-9-5-13(17)15-18-12(4)14(20(15)6-9)16(21)19-7-10(2)22-11(3)8-19/h5-6,10-11H,7-8H2,1-4H3. The molecule has 1 saturated heterocycles.